The summed E-state index contributed by atoms with van der Waals surface area (Å²) in [7, 11) is 0. The number of ether oxygens (including phenoxy) is 4. The predicted molar refractivity (Wildman–Crippen MR) is 143 cm³/mol. The van der Waals surface area contributed by atoms with E-state index in [1.165, 1.54) is 70.6 Å². The Morgan fingerprint density at radius 3 is 1.49 bits per heavy atom. The van der Waals surface area contributed by atoms with Gasteiger partial charge in [-0.25, -0.2) is 0 Å². The molecule has 0 bridgehead atoms. The van der Waals surface area contributed by atoms with Gasteiger partial charge >= 0.3 is 0 Å². The highest BCUT2D eigenvalue weighted by atomic mass is 16.7. The molecule has 0 aromatic carbocycles. The van der Waals surface area contributed by atoms with Crippen molar-refractivity contribution in [3.8, 4) is 0 Å². The number of rotatable bonds is 20. The Kier molecular flexibility index (Phi) is 17.5. The fraction of sp³-hybridized carbons (Fsp3) is 1.00. The molecule has 0 radical (unpaired) electrons. The van der Waals surface area contributed by atoms with Crippen molar-refractivity contribution in [2.45, 2.75) is 158 Å². The molecular formula is C28H54O11. The minimum absolute atomic E-state index is 0.322. The van der Waals surface area contributed by atoms with Crippen LogP contribution in [0.1, 0.15) is 96.8 Å². The van der Waals surface area contributed by atoms with Crippen LogP contribution in [0.2, 0.25) is 0 Å². The molecule has 2 rings (SSSR count). The molecule has 0 unspecified atom stereocenters. The molecule has 2 fully saturated rings. The van der Waals surface area contributed by atoms with Crippen molar-refractivity contribution in [2.75, 3.05) is 19.8 Å². The highest BCUT2D eigenvalue weighted by Crippen LogP contribution is 2.29. The van der Waals surface area contributed by atoms with Crippen LogP contribution in [0.25, 0.3) is 0 Å². The SMILES string of the molecule is CCCCCCCCCCCCCCCCO[C@H]1O[C@@H](CO)[C@H](O[C@@H]2O[C@H](CO)[C@H](O)[C@H](O)[C@@H]2O)[C@@H](O)[C@@H]1O. The molecule has 2 saturated heterocycles. The summed E-state index contributed by atoms with van der Waals surface area (Å²) in [4.78, 5) is 0. The summed E-state index contributed by atoms with van der Waals surface area (Å²) in [6.45, 7) is 1.34. The molecule has 0 amide bonds. The topological polar surface area (TPSA) is 179 Å². The molecule has 11 nitrogen and oxygen atoms in total. The number of hydrogen-bond acceptors (Lipinski definition) is 11. The summed E-state index contributed by atoms with van der Waals surface area (Å²) < 4.78 is 22.1. The first-order chi connectivity index (χ1) is 18.8. The van der Waals surface area contributed by atoms with Gasteiger partial charge in [0.1, 0.15) is 48.8 Å². The lowest BCUT2D eigenvalue weighted by molar-refractivity contribution is -0.359. The van der Waals surface area contributed by atoms with Gasteiger partial charge in [-0.2, -0.15) is 0 Å². The van der Waals surface area contributed by atoms with Crippen molar-refractivity contribution < 1.29 is 54.7 Å². The lowest BCUT2D eigenvalue weighted by atomic mass is 9.97. The standard InChI is InChI=1S/C28H54O11/c1-2-3-4-5-6-7-8-9-10-11-12-13-14-15-16-36-27-25(35)23(33)26(20(18-30)38-27)39-28-24(34)22(32)21(31)19(17-29)37-28/h19-35H,2-18H2,1H3/t19-,20+,21+,22+,23+,24+,25+,26+,27+,28+/m1/s1. The maximum absolute atomic E-state index is 10.6. The van der Waals surface area contributed by atoms with Crippen LogP contribution in [0, 0.1) is 0 Å². The third kappa shape index (κ3) is 11.4. The van der Waals surface area contributed by atoms with Crippen molar-refractivity contribution in [2.24, 2.45) is 0 Å². The van der Waals surface area contributed by atoms with Crippen molar-refractivity contribution in [3.05, 3.63) is 0 Å². The molecule has 0 aliphatic carbocycles. The summed E-state index contributed by atoms with van der Waals surface area (Å²) >= 11 is 0. The molecular weight excluding hydrogens is 512 g/mol. The Labute approximate surface area is 233 Å². The smallest absolute Gasteiger partial charge is 0.187 e. The van der Waals surface area contributed by atoms with E-state index < -0.39 is 74.6 Å². The van der Waals surface area contributed by atoms with E-state index in [2.05, 4.69) is 6.92 Å². The van der Waals surface area contributed by atoms with Crippen LogP contribution in [0.4, 0.5) is 0 Å². The van der Waals surface area contributed by atoms with Crippen LogP contribution in [0.5, 0.6) is 0 Å². The van der Waals surface area contributed by atoms with E-state index in [-0.39, 0.29) is 0 Å². The van der Waals surface area contributed by atoms with Gasteiger partial charge in [0.05, 0.1) is 13.2 Å². The maximum Gasteiger partial charge on any atom is 0.187 e. The zero-order chi connectivity index (χ0) is 28.6. The van der Waals surface area contributed by atoms with Crippen molar-refractivity contribution in [1.82, 2.24) is 0 Å². The second-order valence-electron chi connectivity index (χ2n) is 11.0. The predicted octanol–water partition coefficient (Wildman–Crippen LogP) is 1.11. The lowest BCUT2D eigenvalue weighted by Crippen LogP contribution is -2.64. The second-order valence-corrected chi connectivity index (χ2v) is 11.0. The average molecular weight is 567 g/mol. The maximum atomic E-state index is 10.6. The van der Waals surface area contributed by atoms with Crippen LogP contribution < -0.4 is 0 Å². The molecule has 39 heavy (non-hydrogen) atoms. The summed E-state index contributed by atoms with van der Waals surface area (Å²) in [5.74, 6) is 0. The summed E-state index contributed by atoms with van der Waals surface area (Å²) in [6, 6.07) is 0. The first kappa shape index (κ1) is 34.8. The van der Waals surface area contributed by atoms with E-state index in [0.29, 0.717) is 6.61 Å². The van der Waals surface area contributed by atoms with Crippen molar-refractivity contribution in [3.63, 3.8) is 0 Å². The molecule has 2 aliphatic rings. The number of aliphatic hydroxyl groups excluding tert-OH is 7. The van der Waals surface area contributed by atoms with Crippen molar-refractivity contribution >= 4 is 0 Å². The van der Waals surface area contributed by atoms with Gasteiger partial charge in [-0.3, -0.25) is 0 Å². The average Bonchev–Trinajstić information content (AvgIpc) is 2.94. The van der Waals surface area contributed by atoms with Gasteiger partial charge in [0.2, 0.25) is 0 Å². The van der Waals surface area contributed by atoms with Gasteiger partial charge in [-0.05, 0) is 6.42 Å². The molecule has 2 heterocycles. The Balaban J connectivity index is 1.62. The van der Waals surface area contributed by atoms with Crippen LogP contribution in [-0.2, 0) is 18.9 Å². The molecule has 0 spiro atoms. The van der Waals surface area contributed by atoms with Crippen LogP contribution in [-0.4, -0.2) is 117 Å². The van der Waals surface area contributed by atoms with Crippen LogP contribution in [0.3, 0.4) is 0 Å². The fourth-order valence-electron chi connectivity index (χ4n) is 5.19. The van der Waals surface area contributed by atoms with E-state index in [9.17, 15) is 35.7 Å². The summed E-state index contributed by atoms with van der Waals surface area (Å²) in [5, 5.41) is 70.4. The quantitative estimate of drug-likeness (QED) is 0.105. The van der Waals surface area contributed by atoms with E-state index in [4.69, 9.17) is 18.9 Å². The molecule has 232 valence electrons. The first-order valence-corrected chi connectivity index (χ1v) is 15.1. The largest absolute Gasteiger partial charge is 0.394 e. The summed E-state index contributed by atoms with van der Waals surface area (Å²) in [5.41, 5.74) is 0. The minimum Gasteiger partial charge on any atom is -0.394 e. The normalized spacial score (nSPS) is 35.4. The van der Waals surface area contributed by atoms with Gasteiger partial charge in [0.15, 0.2) is 12.6 Å². The van der Waals surface area contributed by atoms with E-state index in [1.54, 1.807) is 0 Å². The Bertz CT molecular complexity index is 608. The van der Waals surface area contributed by atoms with Crippen LogP contribution in [0.15, 0.2) is 0 Å². The highest BCUT2D eigenvalue weighted by molar-refractivity contribution is 4.94. The minimum atomic E-state index is -1.69. The summed E-state index contributed by atoms with van der Waals surface area (Å²) in [6.07, 6.45) is 2.97. The monoisotopic (exact) mass is 566 g/mol. The third-order valence-corrected chi connectivity index (χ3v) is 7.74. The van der Waals surface area contributed by atoms with Gasteiger partial charge < -0.3 is 54.7 Å². The molecule has 0 aromatic heterocycles. The Morgan fingerprint density at radius 2 is 0.974 bits per heavy atom. The highest BCUT2D eigenvalue weighted by Gasteiger charge is 2.50. The molecule has 0 aromatic rings. The molecule has 11 heteroatoms. The van der Waals surface area contributed by atoms with E-state index in [0.717, 1.165) is 19.3 Å². The molecule has 10 atom stereocenters. The fourth-order valence-corrected chi connectivity index (χ4v) is 5.19. The van der Waals surface area contributed by atoms with Gasteiger partial charge in [-0.1, -0.05) is 90.4 Å². The van der Waals surface area contributed by atoms with Gasteiger partial charge in [0, 0.05) is 6.61 Å². The number of hydrogen-bond donors (Lipinski definition) is 7. The molecule has 2 aliphatic heterocycles. The van der Waals surface area contributed by atoms with E-state index in [1.807, 2.05) is 0 Å². The Morgan fingerprint density at radius 1 is 0.513 bits per heavy atom. The second kappa shape index (κ2) is 19.6. The van der Waals surface area contributed by atoms with Crippen LogP contribution >= 0.6 is 0 Å². The number of unbranched alkanes of at least 4 members (excludes halogenated alkanes) is 13. The van der Waals surface area contributed by atoms with Gasteiger partial charge in [-0.15, -0.1) is 0 Å². The molecule has 0 saturated carbocycles. The zero-order valence-corrected chi connectivity index (χ0v) is 23.6. The zero-order valence-electron chi connectivity index (χ0n) is 23.6. The molecule has 7 N–H and O–H groups in total. The van der Waals surface area contributed by atoms with E-state index >= 15 is 0 Å². The van der Waals surface area contributed by atoms with Crippen molar-refractivity contribution in [1.29, 1.82) is 0 Å². The number of aliphatic hydroxyl groups is 7. The first-order valence-electron chi connectivity index (χ1n) is 15.1. The Hall–Kier alpha value is -0.440. The lowest BCUT2D eigenvalue weighted by Gasteiger charge is -2.45. The third-order valence-electron chi connectivity index (χ3n) is 7.74. The van der Waals surface area contributed by atoms with Gasteiger partial charge in [0.25, 0.3) is 0 Å².